The Morgan fingerprint density at radius 2 is 1.79 bits per heavy atom. The molecule has 0 bridgehead atoms. The first kappa shape index (κ1) is 23.8. The van der Waals surface area contributed by atoms with Crippen molar-refractivity contribution < 1.29 is 4.79 Å². The molecule has 5 aromatic rings. The number of carbonyl (C=O) groups is 1. The molecule has 4 aromatic heterocycles. The molecule has 1 aromatic carbocycles. The molecule has 39 heavy (non-hydrogen) atoms. The number of aromatic amines is 2. The molecule has 198 valence electrons. The number of piperazine rings is 1. The Morgan fingerprint density at radius 1 is 0.974 bits per heavy atom. The fourth-order valence-electron chi connectivity index (χ4n) is 5.96. The van der Waals surface area contributed by atoms with Crippen molar-refractivity contribution in [3.63, 3.8) is 0 Å². The van der Waals surface area contributed by atoms with Gasteiger partial charge in [-0.1, -0.05) is 18.9 Å². The van der Waals surface area contributed by atoms with Gasteiger partial charge in [0, 0.05) is 77.6 Å². The highest BCUT2D eigenvalue weighted by molar-refractivity contribution is 6.00. The summed E-state index contributed by atoms with van der Waals surface area (Å²) in [5.41, 5.74) is 7.42. The lowest BCUT2D eigenvalue weighted by molar-refractivity contribution is -0.119. The summed E-state index contributed by atoms with van der Waals surface area (Å²) in [5.74, 6) is 0.195. The van der Waals surface area contributed by atoms with Crippen LogP contribution in [-0.4, -0.2) is 69.2 Å². The topological polar surface area (TPSA) is 106 Å². The number of benzene rings is 1. The number of amides is 1. The summed E-state index contributed by atoms with van der Waals surface area (Å²) in [5, 5.41) is 12.9. The van der Waals surface area contributed by atoms with Crippen LogP contribution in [0.2, 0.25) is 0 Å². The van der Waals surface area contributed by atoms with E-state index >= 15 is 0 Å². The van der Waals surface area contributed by atoms with Crippen LogP contribution in [0.3, 0.4) is 0 Å². The van der Waals surface area contributed by atoms with Crippen molar-refractivity contribution in [3.8, 4) is 22.5 Å². The van der Waals surface area contributed by atoms with E-state index in [1.54, 1.807) is 12.4 Å². The maximum Gasteiger partial charge on any atom is 0.227 e. The molecule has 1 amide bonds. The Balaban J connectivity index is 1.21. The number of pyridine rings is 2. The van der Waals surface area contributed by atoms with Gasteiger partial charge in [0.2, 0.25) is 5.91 Å². The highest BCUT2D eigenvalue weighted by atomic mass is 16.1. The molecule has 9 nitrogen and oxygen atoms in total. The summed E-state index contributed by atoms with van der Waals surface area (Å²) >= 11 is 0. The van der Waals surface area contributed by atoms with Gasteiger partial charge in [-0.2, -0.15) is 5.10 Å². The minimum atomic E-state index is 0.0897. The summed E-state index contributed by atoms with van der Waals surface area (Å²) < 4.78 is 0. The van der Waals surface area contributed by atoms with E-state index in [4.69, 9.17) is 0 Å². The zero-order chi connectivity index (χ0) is 26.3. The highest BCUT2D eigenvalue weighted by Crippen LogP contribution is 2.35. The van der Waals surface area contributed by atoms with Crippen molar-refractivity contribution in [3.05, 3.63) is 55.0 Å². The summed E-state index contributed by atoms with van der Waals surface area (Å²) in [6, 6.07) is 12.7. The van der Waals surface area contributed by atoms with Gasteiger partial charge in [-0.25, -0.2) is 4.98 Å². The molecule has 9 heteroatoms. The largest absolute Gasteiger partial charge is 0.368 e. The SMILES string of the molecule is CN1CCN(c2cccc3[nH]c(-c4[nH]nc5ncc(-c6cncc(NC(=O)C7CCCC7)c6)cc45)cc23)CC1. The van der Waals surface area contributed by atoms with Crippen LogP contribution in [0.1, 0.15) is 25.7 Å². The number of rotatable bonds is 5. The Hall–Kier alpha value is -4.24. The second kappa shape index (κ2) is 9.81. The number of nitrogens with zero attached hydrogens (tertiary/aromatic N) is 5. The number of carbonyl (C=O) groups excluding carboxylic acids is 1. The molecule has 5 heterocycles. The molecule has 3 N–H and O–H groups in total. The van der Waals surface area contributed by atoms with Crippen molar-refractivity contribution in [2.24, 2.45) is 5.92 Å². The summed E-state index contributed by atoms with van der Waals surface area (Å²) in [6.07, 6.45) is 9.50. The van der Waals surface area contributed by atoms with E-state index in [-0.39, 0.29) is 11.8 Å². The number of fused-ring (bicyclic) bond motifs is 2. The molecule has 0 radical (unpaired) electrons. The number of H-pyrrole nitrogens is 2. The molecule has 0 unspecified atom stereocenters. The van der Waals surface area contributed by atoms with Gasteiger partial charge >= 0.3 is 0 Å². The second-order valence-electron chi connectivity index (χ2n) is 10.8. The van der Waals surface area contributed by atoms with Crippen molar-refractivity contribution in [1.82, 2.24) is 30.0 Å². The maximum absolute atomic E-state index is 12.6. The van der Waals surface area contributed by atoms with Gasteiger partial charge in [-0.15, -0.1) is 0 Å². The summed E-state index contributed by atoms with van der Waals surface area (Å²) in [4.78, 5) is 30.1. The zero-order valence-corrected chi connectivity index (χ0v) is 22.1. The molecule has 1 aliphatic heterocycles. The van der Waals surface area contributed by atoms with Gasteiger partial charge in [0.1, 0.15) is 0 Å². The number of aromatic nitrogens is 5. The van der Waals surface area contributed by atoms with Gasteiger partial charge in [-0.05, 0) is 50.2 Å². The smallest absolute Gasteiger partial charge is 0.227 e. The first-order valence-corrected chi connectivity index (χ1v) is 13.8. The van der Waals surface area contributed by atoms with Crippen molar-refractivity contribution >= 4 is 39.2 Å². The molecular weight excluding hydrogens is 488 g/mol. The Bertz CT molecular complexity index is 1660. The molecule has 1 saturated carbocycles. The molecule has 0 spiro atoms. The number of nitrogens with one attached hydrogen (secondary N) is 3. The quantitative estimate of drug-likeness (QED) is 0.300. The van der Waals surface area contributed by atoms with Crippen LogP contribution in [0, 0.1) is 5.92 Å². The summed E-state index contributed by atoms with van der Waals surface area (Å²) in [6.45, 7) is 4.16. The van der Waals surface area contributed by atoms with Gasteiger partial charge in [0.25, 0.3) is 0 Å². The molecule has 2 fully saturated rings. The van der Waals surface area contributed by atoms with E-state index in [0.29, 0.717) is 11.3 Å². The van der Waals surface area contributed by atoms with Crippen LogP contribution >= 0.6 is 0 Å². The fourth-order valence-corrected chi connectivity index (χ4v) is 5.96. The van der Waals surface area contributed by atoms with Crippen molar-refractivity contribution in [2.75, 3.05) is 43.4 Å². The van der Waals surface area contributed by atoms with E-state index in [1.165, 1.54) is 11.1 Å². The van der Waals surface area contributed by atoms with E-state index in [9.17, 15) is 4.79 Å². The van der Waals surface area contributed by atoms with E-state index in [2.05, 4.69) is 77.6 Å². The fraction of sp³-hybridized carbons (Fsp3) is 0.333. The number of hydrogen-bond acceptors (Lipinski definition) is 6. The van der Waals surface area contributed by atoms with Crippen LogP contribution in [0.25, 0.3) is 44.5 Å². The van der Waals surface area contributed by atoms with E-state index < -0.39 is 0 Å². The standard InChI is InChI=1S/C30H32N8O/c1-37-9-11-38(12-10-37)27-8-4-7-25-23(27)15-26(34-25)28-24-14-21(17-32-29(24)36-35-28)20-13-22(18-31-16-20)33-30(39)19-5-2-3-6-19/h4,7-8,13-19,34H,2-3,5-6,9-12H2,1H3,(H,33,39)(H,32,35,36). The maximum atomic E-state index is 12.6. The molecular formula is C30H32N8O. The molecule has 1 aliphatic carbocycles. The van der Waals surface area contributed by atoms with Crippen molar-refractivity contribution in [1.29, 1.82) is 0 Å². The first-order chi connectivity index (χ1) is 19.1. The van der Waals surface area contributed by atoms with Crippen LogP contribution in [-0.2, 0) is 4.79 Å². The van der Waals surface area contributed by atoms with Crippen LogP contribution in [0.5, 0.6) is 0 Å². The Kier molecular flexibility index (Phi) is 6.00. The third-order valence-electron chi connectivity index (χ3n) is 8.23. The van der Waals surface area contributed by atoms with Crippen LogP contribution in [0.4, 0.5) is 11.4 Å². The molecule has 0 atom stereocenters. The molecule has 7 rings (SSSR count). The third-order valence-corrected chi connectivity index (χ3v) is 8.23. The average Bonchev–Trinajstić information content (AvgIpc) is 3.73. The van der Waals surface area contributed by atoms with Gasteiger partial charge < -0.3 is 20.1 Å². The lowest BCUT2D eigenvalue weighted by Gasteiger charge is -2.34. The average molecular weight is 521 g/mol. The zero-order valence-electron chi connectivity index (χ0n) is 22.1. The lowest BCUT2D eigenvalue weighted by Crippen LogP contribution is -2.44. The molecule has 1 saturated heterocycles. The summed E-state index contributed by atoms with van der Waals surface area (Å²) in [7, 11) is 2.18. The van der Waals surface area contributed by atoms with Gasteiger partial charge in [-0.3, -0.25) is 14.9 Å². The number of anilines is 2. The Morgan fingerprint density at radius 3 is 2.64 bits per heavy atom. The molecule has 2 aliphatic rings. The van der Waals surface area contributed by atoms with Gasteiger partial charge in [0.15, 0.2) is 5.65 Å². The predicted octanol–water partition coefficient (Wildman–Crippen LogP) is 5.05. The monoisotopic (exact) mass is 520 g/mol. The van der Waals surface area contributed by atoms with Crippen molar-refractivity contribution in [2.45, 2.75) is 25.7 Å². The Labute approximate surface area is 226 Å². The second-order valence-corrected chi connectivity index (χ2v) is 10.8. The predicted molar refractivity (Wildman–Crippen MR) is 155 cm³/mol. The lowest BCUT2D eigenvalue weighted by atomic mass is 10.1. The van der Waals surface area contributed by atoms with E-state index in [1.807, 2.05) is 12.3 Å². The number of hydrogen-bond donors (Lipinski definition) is 3. The highest BCUT2D eigenvalue weighted by Gasteiger charge is 2.23. The minimum absolute atomic E-state index is 0.0897. The van der Waals surface area contributed by atoms with Gasteiger partial charge in [0.05, 0.1) is 23.3 Å². The third kappa shape index (κ3) is 4.52. The minimum Gasteiger partial charge on any atom is -0.368 e. The normalized spacial score (nSPS) is 16.9. The van der Waals surface area contributed by atoms with E-state index in [0.717, 1.165) is 85.3 Å². The number of likely N-dealkylation sites (N-methyl/N-ethyl adjacent to an activating group) is 1. The van der Waals surface area contributed by atoms with Crippen LogP contribution < -0.4 is 10.2 Å². The first-order valence-electron chi connectivity index (χ1n) is 13.8. The van der Waals surface area contributed by atoms with Crippen LogP contribution in [0.15, 0.2) is 55.0 Å².